The molecule has 1 N–H and O–H groups in total. The number of hydrogen-bond acceptors (Lipinski definition) is 1. The molecule has 3 aromatic rings. The van der Waals surface area contributed by atoms with Crippen molar-refractivity contribution in [2.75, 3.05) is 0 Å². The zero-order valence-corrected chi connectivity index (χ0v) is 10.2. The zero-order chi connectivity index (χ0) is 12.4. The number of para-hydroxylation sites is 1. The Morgan fingerprint density at radius 2 is 2.06 bits per heavy atom. The summed E-state index contributed by atoms with van der Waals surface area (Å²) >= 11 is 0. The van der Waals surface area contributed by atoms with E-state index in [-0.39, 0.29) is 0 Å². The van der Waals surface area contributed by atoms with Crippen LogP contribution in [0.15, 0.2) is 61.1 Å². The van der Waals surface area contributed by atoms with Crippen LogP contribution in [0.3, 0.4) is 0 Å². The van der Waals surface area contributed by atoms with E-state index in [4.69, 9.17) is 0 Å². The van der Waals surface area contributed by atoms with Crippen LogP contribution in [0.5, 0.6) is 0 Å². The van der Waals surface area contributed by atoms with Gasteiger partial charge in [-0.1, -0.05) is 30.3 Å². The molecule has 2 heterocycles. The number of nitrogens with one attached hydrogen (secondary N) is 1. The second-order valence-corrected chi connectivity index (χ2v) is 4.19. The monoisotopic (exact) mass is 234 g/mol. The van der Waals surface area contributed by atoms with Crippen molar-refractivity contribution in [3.05, 3.63) is 72.2 Å². The number of pyridine rings is 1. The number of H-pyrrole nitrogens is 1. The average molecular weight is 234 g/mol. The highest BCUT2D eigenvalue weighted by Crippen LogP contribution is 2.29. The van der Waals surface area contributed by atoms with Crippen LogP contribution < -0.4 is 0 Å². The number of aromatic amines is 1. The summed E-state index contributed by atoms with van der Waals surface area (Å²) in [5, 5.41) is 1.24. The smallest absolute Gasteiger partial charge is 0.0460 e. The number of fused-ring (bicyclic) bond motifs is 1. The number of aromatic nitrogens is 2. The molecule has 0 fully saturated rings. The van der Waals surface area contributed by atoms with Gasteiger partial charge in [-0.15, -0.1) is 0 Å². The predicted molar refractivity (Wildman–Crippen MR) is 75.3 cm³/mol. The summed E-state index contributed by atoms with van der Waals surface area (Å²) in [6.45, 7) is 2.06. The van der Waals surface area contributed by atoms with E-state index in [1.165, 1.54) is 16.5 Å². The van der Waals surface area contributed by atoms with Crippen LogP contribution in [0.25, 0.3) is 16.5 Å². The summed E-state index contributed by atoms with van der Waals surface area (Å²) in [6, 6.07) is 12.4. The van der Waals surface area contributed by atoms with Crippen LogP contribution in [0.4, 0.5) is 0 Å². The van der Waals surface area contributed by atoms with E-state index in [1.807, 2.05) is 18.3 Å². The molecule has 2 aromatic heterocycles. The Kier molecular flexibility index (Phi) is 2.69. The van der Waals surface area contributed by atoms with E-state index < -0.39 is 0 Å². The molecule has 3 rings (SSSR count). The minimum atomic E-state index is 1.14. The Morgan fingerprint density at radius 3 is 2.83 bits per heavy atom. The number of hydrogen-bond donors (Lipinski definition) is 1. The topological polar surface area (TPSA) is 28.7 Å². The van der Waals surface area contributed by atoms with Gasteiger partial charge in [0.15, 0.2) is 0 Å². The highest BCUT2D eigenvalue weighted by molar-refractivity contribution is 5.96. The van der Waals surface area contributed by atoms with Gasteiger partial charge in [0.25, 0.3) is 0 Å². The van der Waals surface area contributed by atoms with Crippen molar-refractivity contribution < 1.29 is 0 Å². The third-order valence-corrected chi connectivity index (χ3v) is 3.14. The van der Waals surface area contributed by atoms with Crippen LogP contribution in [0.2, 0.25) is 0 Å². The first-order valence-electron chi connectivity index (χ1n) is 6.03. The lowest BCUT2D eigenvalue weighted by Gasteiger charge is -2.05. The van der Waals surface area contributed by atoms with Gasteiger partial charge in [0.1, 0.15) is 0 Å². The number of nitrogens with zero attached hydrogens (tertiary/aromatic N) is 1. The molecule has 0 aliphatic heterocycles. The molecule has 0 saturated heterocycles. The molecule has 2 heteroatoms. The first-order valence-corrected chi connectivity index (χ1v) is 6.03. The Hall–Kier alpha value is -2.35. The van der Waals surface area contributed by atoms with Gasteiger partial charge in [-0.2, -0.15) is 0 Å². The molecule has 0 aliphatic rings. The fraction of sp³-hybridized carbons (Fsp3) is 0.0625. The predicted octanol–water partition coefficient (Wildman–Crippen LogP) is 4.01. The summed E-state index contributed by atoms with van der Waals surface area (Å²) in [5.74, 6) is 0. The largest absolute Gasteiger partial charge is 0.361 e. The number of benzene rings is 1. The van der Waals surface area contributed by atoms with Gasteiger partial charge >= 0.3 is 0 Å². The molecule has 88 valence electrons. The Morgan fingerprint density at radius 1 is 1.17 bits per heavy atom. The van der Waals surface area contributed by atoms with Crippen LogP contribution in [-0.4, -0.2) is 9.97 Å². The molecular formula is C16H14N2. The highest BCUT2D eigenvalue weighted by atomic mass is 14.7. The quantitative estimate of drug-likeness (QED) is 0.713. The molecule has 0 radical (unpaired) electrons. The normalized spacial score (nSPS) is 11.9. The third-order valence-electron chi connectivity index (χ3n) is 3.14. The fourth-order valence-corrected chi connectivity index (χ4v) is 2.29. The zero-order valence-electron chi connectivity index (χ0n) is 10.2. The Balaban J connectivity index is 2.19. The van der Waals surface area contributed by atoms with Crippen molar-refractivity contribution in [1.29, 1.82) is 0 Å². The van der Waals surface area contributed by atoms with E-state index >= 15 is 0 Å². The van der Waals surface area contributed by atoms with Crippen molar-refractivity contribution in [2.24, 2.45) is 0 Å². The van der Waals surface area contributed by atoms with Gasteiger partial charge in [-0.25, -0.2) is 0 Å². The summed E-state index contributed by atoms with van der Waals surface area (Å²) in [5.41, 5.74) is 4.74. The molecule has 18 heavy (non-hydrogen) atoms. The summed E-state index contributed by atoms with van der Waals surface area (Å²) in [4.78, 5) is 7.50. The summed E-state index contributed by atoms with van der Waals surface area (Å²) < 4.78 is 0. The summed E-state index contributed by atoms with van der Waals surface area (Å²) in [6.07, 6.45) is 7.89. The van der Waals surface area contributed by atoms with Gasteiger partial charge in [-0.05, 0) is 24.6 Å². The molecule has 0 bridgehead atoms. The van der Waals surface area contributed by atoms with Crippen LogP contribution in [0, 0.1) is 0 Å². The minimum Gasteiger partial charge on any atom is -0.361 e. The molecule has 0 spiro atoms. The van der Waals surface area contributed by atoms with Crippen molar-refractivity contribution in [3.63, 3.8) is 0 Å². The maximum atomic E-state index is 4.19. The standard InChI is InChI=1S/C16H14N2/c1-2-13(12-6-5-9-17-10-12)15-11-18-16-8-4-3-7-14(15)16/h2-11,18H,1H3/b13-2+. The van der Waals surface area contributed by atoms with E-state index in [9.17, 15) is 0 Å². The molecule has 0 aliphatic carbocycles. The molecule has 0 amide bonds. The van der Waals surface area contributed by atoms with Gasteiger partial charge in [0.2, 0.25) is 0 Å². The van der Waals surface area contributed by atoms with Gasteiger partial charge in [0.05, 0.1) is 0 Å². The van der Waals surface area contributed by atoms with Gasteiger partial charge in [0, 0.05) is 40.6 Å². The van der Waals surface area contributed by atoms with Crippen molar-refractivity contribution in [1.82, 2.24) is 9.97 Å². The van der Waals surface area contributed by atoms with Crippen molar-refractivity contribution in [3.8, 4) is 0 Å². The number of allylic oxidation sites excluding steroid dienone is 1. The first-order chi connectivity index (χ1) is 8.90. The highest BCUT2D eigenvalue weighted by Gasteiger charge is 2.09. The van der Waals surface area contributed by atoms with Crippen LogP contribution >= 0.6 is 0 Å². The first kappa shape index (κ1) is 10.8. The second-order valence-electron chi connectivity index (χ2n) is 4.19. The molecule has 1 aromatic carbocycles. The maximum Gasteiger partial charge on any atom is 0.0460 e. The van der Waals surface area contributed by atoms with Crippen molar-refractivity contribution in [2.45, 2.75) is 6.92 Å². The van der Waals surface area contributed by atoms with E-state index in [0.29, 0.717) is 0 Å². The second kappa shape index (κ2) is 4.49. The molecule has 0 unspecified atom stereocenters. The van der Waals surface area contributed by atoms with E-state index in [0.717, 1.165) is 11.1 Å². The van der Waals surface area contributed by atoms with Crippen LogP contribution in [0.1, 0.15) is 18.1 Å². The lowest BCUT2D eigenvalue weighted by Crippen LogP contribution is -1.87. The summed E-state index contributed by atoms with van der Waals surface area (Å²) in [7, 11) is 0. The Bertz CT molecular complexity index is 693. The fourth-order valence-electron chi connectivity index (χ4n) is 2.29. The third kappa shape index (κ3) is 1.72. The number of rotatable bonds is 2. The lowest BCUT2D eigenvalue weighted by atomic mass is 9.99. The van der Waals surface area contributed by atoms with Gasteiger partial charge < -0.3 is 4.98 Å². The van der Waals surface area contributed by atoms with Crippen LogP contribution in [-0.2, 0) is 0 Å². The molecular weight excluding hydrogens is 220 g/mol. The molecule has 2 nitrogen and oxygen atoms in total. The van der Waals surface area contributed by atoms with Gasteiger partial charge in [-0.3, -0.25) is 4.98 Å². The van der Waals surface area contributed by atoms with E-state index in [2.05, 4.69) is 53.4 Å². The SMILES string of the molecule is C/C=C(\c1cccnc1)c1c[nH]c2ccccc12. The minimum absolute atomic E-state index is 1.14. The molecule has 0 saturated carbocycles. The van der Waals surface area contributed by atoms with Crippen molar-refractivity contribution >= 4 is 16.5 Å². The lowest BCUT2D eigenvalue weighted by molar-refractivity contribution is 1.31. The average Bonchev–Trinajstić information content (AvgIpc) is 2.85. The maximum absolute atomic E-state index is 4.19. The Labute approximate surface area is 106 Å². The van der Waals surface area contributed by atoms with E-state index in [1.54, 1.807) is 6.20 Å². The molecule has 0 atom stereocenters.